The predicted octanol–water partition coefficient (Wildman–Crippen LogP) is 1.35. The molecule has 2 aromatic rings. The van der Waals surface area contributed by atoms with Crippen LogP contribution in [-0.2, 0) is 16.1 Å². The second kappa shape index (κ2) is 5.63. The molecule has 1 aliphatic heterocycles. The highest BCUT2D eigenvalue weighted by molar-refractivity contribution is 5.92. The van der Waals surface area contributed by atoms with E-state index < -0.39 is 6.04 Å². The lowest BCUT2D eigenvalue weighted by molar-refractivity contribution is -0.139. The minimum absolute atomic E-state index is 0.319. The van der Waals surface area contributed by atoms with Gasteiger partial charge in [-0.1, -0.05) is 0 Å². The molecule has 22 heavy (non-hydrogen) atoms. The Morgan fingerprint density at radius 3 is 2.95 bits per heavy atom. The molecular weight excluding hydrogens is 284 g/mol. The molecule has 8 nitrogen and oxygen atoms in total. The van der Waals surface area contributed by atoms with Gasteiger partial charge in [-0.25, -0.2) is 9.48 Å². The number of nitrogens with zero attached hydrogens (tertiary/aromatic N) is 5. The molecule has 0 saturated heterocycles. The number of ether oxygens (including phenoxy) is 1. The van der Waals surface area contributed by atoms with Gasteiger partial charge >= 0.3 is 5.97 Å². The van der Waals surface area contributed by atoms with Crippen molar-refractivity contribution >= 4 is 11.9 Å². The zero-order valence-corrected chi connectivity index (χ0v) is 12.8. The topological polar surface area (TPSA) is 86.9 Å². The fraction of sp³-hybridized carbons (Fsp3) is 0.429. The Balaban J connectivity index is 2.15. The lowest BCUT2D eigenvalue weighted by Gasteiger charge is -2.28. The monoisotopic (exact) mass is 302 g/mol. The summed E-state index contributed by atoms with van der Waals surface area (Å²) in [6, 6.07) is 1.48. The van der Waals surface area contributed by atoms with Gasteiger partial charge in [0.15, 0.2) is 0 Å². The van der Waals surface area contributed by atoms with Gasteiger partial charge in [0, 0.05) is 18.4 Å². The van der Waals surface area contributed by atoms with Crippen LogP contribution in [0.3, 0.4) is 0 Å². The zero-order chi connectivity index (χ0) is 15.7. The molecule has 0 aliphatic carbocycles. The summed E-state index contributed by atoms with van der Waals surface area (Å²) in [5.41, 5.74) is 2.11. The van der Waals surface area contributed by atoms with E-state index in [9.17, 15) is 4.79 Å². The maximum absolute atomic E-state index is 12.4. The summed E-state index contributed by atoms with van der Waals surface area (Å²) in [6.07, 6.45) is 3.18. The molecular formula is C14H18N6O2. The van der Waals surface area contributed by atoms with Crippen molar-refractivity contribution < 1.29 is 9.53 Å². The van der Waals surface area contributed by atoms with Crippen LogP contribution < -0.4 is 5.32 Å². The summed E-state index contributed by atoms with van der Waals surface area (Å²) in [5.74, 6) is 0.238. The van der Waals surface area contributed by atoms with E-state index in [1.165, 1.54) is 6.33 Å². The number of rotatable bonds is 4. The highest BCUT2D eigenvalue weighted by atomic mass is 16.5. The first-order valence-corrected chi connectivity index (χ1v) is 7.23. The van der Waals surface area contributed by atoms with Gasteiger partial charge in [-0.2, -0.15) is 15.2 Å². The molecule has 1 N–H and O–H groups in total. The average Bonchev–Trinajstić information content (AvgIpc) is 3.14. The average molecular weight is 302 g/mol. The normalized spacial score (nSPS) is 17.1. The van der Waals surface area contributed by atoms with Gasteiger partial charge in [-0.3, -0.25) is 4.68 Å². The van der Waals surface area contributed by atoms with E-state index in [1.54, 1.807) is 17.8 Å². The number of hydrogen-bond donors (Lipinski definition) is 1. The van der Waals surface area contributed by atoms with E-state index in [2.05, 4.69) is 20.5 Å². The maximum Gasteiger partial charge on any atom is 0.338 e. The van der Waals surface area contributed by atoms with E-state index in [0.717, 1.165) is 5.69 Å². The summed E-state index contributed by atoms with van der Waals surface area (Å²) >= 11 is 0. The number of fused-ring (bicyclic) bond motifs is 1. The molecule has 0 unspecified atom stereocenters. The Morgan fingerprint density at radius 1 is 1.41 bits per heavy atom. The maximum atomic E-state index is 12.4. The minimum atomic E-state index is -0.403. The van der Waals surface area contributed by atoms with Crippen LogP contribution in [0.1, 0.15) is 32.5 Å². The number of hydrogen-bond acceptors (Lipinski definition) is 6. The first-order valence-electron chi connectivity index (χ1n) is 7.23. The van der Waals surface area contributed by atoms with Crippen LogP contribution >= 0.6 is 0 Å². The number of aromatic nitrogens is 5. The molecule has 1 aliphatic rings. The van der Waals surface area contributed by atoms with Crippen LogP contribution in [0.4, 0.5) is 5.95 Å². The van der Waals surface area contributed by atoms with Crippen molar-refractivity contribution in [3.63, 3.8) is 0 Å². The molecule has 0 saturated carbocycles. The summed E-state index contributed by atoms with van der Waals surface area (Å²) < 4.78 is 8.74. The van der Waals surface area contributed by atoms with Gasteiger partial charge in [-0.05, 0) is 26.8 Å². The SMILES string of the molecule is CCOC(=O)C1=C(C)Nc2ncnn2[C@@H]1c1ccnn1CC. The van der Waals surface area contributed by atoms with Gasteiger partial charge < -0.3 is 10.1 Å². The second-order valence-corrected chi connectivity index (χ2v) is 4.89. The van der Waals surface area contributed by atoms with E-state index in [1.807, 2.05) is 24.6 Å². The van der Waals surface area contributed by atoms with Crippen LogP contribution in [0.15, 0.2) is 29.9 Å². The summed E-state index contributed by atoms with van der Waals surface area (Å²) in [5, 5.41) is 11.6. The first-order chi connectivity index (χ1) is 10.7. The van der Waals surface area contributed by atoms with Crippen molar-refractivity contribution in [2.24, 2.45) is 0 Å². The molecule has 0 radical (unpaired) electrons. The van der Waals surface area contributed by atoms with Crippen LogP contribution in [0.25, 0.3) is 0 Å². The van der Waals surface area contributed by atoms with E-state index in [0.29, 0.717) is 30.4 Å². The Bertz CT molecular complexity index is 729. The number of esters is 1. The Labute approximate surface area is 127 Å². The fourth-order valence-corrected chi connectivity index (χ4v) is 2.68. The molecule has 0 fully saturated rings. The van der Waals surface area contributed by atoms with Gasteiger partial charge in [-0.15, -0.1) is 0 Å². The summed E-state index contributed by atoms with van der Waals surface area (Å²) in [4.78, 5) is 16.6. The van der Waals surface area contributed by atoms with Gasteiger partial charge in [0.1, 0.15) is 12.4 Å². The lowest BCUT2D eigenvalue weighted by atomic mass is 10.00. The van der Waals surface area contributed by atoms with E-state index in [-0.39, 0.29) is 5.97 Å². The summed E-state index contributed by atoms with van der Waals surface area (Å²) in [7, 11) is 0. The summed E-state index contributed by atoms with van der Waals surface area (Å²) in [6.45, 7) is 6.64. The van der Waals surface area contributed by atoms with E-state index in [4.69, 9.17) is 4.74 Å². The molecule has 116 valence electrons. The molecule has 0 bridgehead atoms. The Hall–Kier alpha value is -2.64. The fourth-order valence-electron chi connectivity index (χ4n) is 2.68. The van der Waals surface area contributed by atoms with Crippen molar-refractivity contribution in [1.82, 2.24) is 24.5 Å². The quantitative estimate of drug-likeness (QED) is 0.858. The minimum Gasteiger partial charge on any atom is -0.463 e. The molecule has 8 heteroatoms. The molecule has 0 spiro atoms. The van der Waals surface area contributed by atoms with Crippen LogP contribution in [0.5, 0.6) is 0 Å². The van der Waals surface area contributed by atoms with Crippen molar-refractivity contribution in [1.29, 1.82) is 0 Å². The number of carbonyl (C=O) groups excluding carboxylic acids is 1. The molecule has 3 heterocycles. The third-order valence-corrected chi connectivity index (χ3v) is 3.62. The van der Waals surface area contributed by atoms with Gasteiger partial charge in [0.2, 0.25) is 5.95 Å². The van der Waals surface area contributed by atoms with Crippen molar-refractivity contribution in [2.45, 2.75) is 33.4 Å². The number of carbonyl (C=O) groups is 1. The molecule has 0 aromatic carbocycles. The molecule has 1 atom stereocenters. The third kappa shape index (κ3) is 2.16. The lowest BCUT2D eigenvalue weighted by Crippen LogP contribution is -2.31. The van der Waals surface area contributed by atoms with Crippen molar-refractivity contribution in [3.05, 3.63) is 35.6 Å². The smallest absolute Gasteiger partial charge is 0.338 e. The molecule has 2 aromatic heterocycles. The number of nitrogens with one attached hydrogen (secondary N) is 1. The van der Waals surface area contributed by atoms with Crippen molar-refractivity contribution in [3.8, 4) is 0 Å². The molecule has 3 rings (SSSR count). The first kappa shape index (κ1) is 14.3. The zero-order valence-electron chi connectivity index (χ0n) is 12.8. The highest BCUT2D eigenvalue weighted by Crippen LogP contribution is 2.34. The van der Waals surface area contributed by atoms with Crippen LogP contribution in [0.2, 0.25) is 0 Å². The number of anilines is 1. The third-order valence-electron chi connectivity index (χ3n) is 3.62. The predicted molar refractivity (Wildman–Crippen MR) is 79.0 cm³/mol. The highest BCUT2D eigenvalue weighted by Gasteiger charge is 2.35. The van der Waals surface area contributed by atoms with Gasteiger partial charge in [0.05, 0.1) is 17.9 Å². The van der Waals surface area contributed by atoms with Crippen LogP contribution in [0, 0.1) is 0 Å². The number of aryl methyl sites for hydroxylation is 1. The molecule has 0 amide bonds. The number of allylic oxidation sites excluding steroid dienone is 1. The largest absolute Gasteiger partial charge is 0.463 e. The Morgan fingerprint density at radius 2 is 2.23 bits per heavy atom. The van der Waals surface area contributed by atoms with Crippen molar-refractivity contribution in [2.75, 3.05) is 11.9 Å². The van der Waals surface area contributed by atoms with E-state index >= 15 is 0 Å². The second-order valence-electron chi connectivity index (χ2n) is 4.89. The standard InChI is InChI=1S/C14H18N6O2/c1-4-19-10(6-7-16-19)12-11(13(21)22-5-2)9(3)18-14-15-8-17-20(12)14/h6-8,12H,4-5H2,1-3H3,(H,15,17,18)/t12-/m1/s1. The van der Waals surface area contributed by atoms with Gasteiger partial charge in [0.25, 0.3) is 0 Å². The Kier molecular flexibility index (Phi) is 3.66. The van der Waals surface area contributed by atoms with Crippen LogP contribution in [-0.4, -0.2) is 37.1 Å².